The van der Waals surface area contributed by atoms with Crippen LogP contribution in [0, 0.1) is 0 Å². The molecule has 15 heavy (non-hydrogen) atoms. The van der Waals surface area contributed by atoms with Gasteiger partial charge in [0.05, 0.1) is 0 Å². The molecule has 0 bridgehead atoms. The van der Waals surface area contributed by atoms with E-state index in [-0.39, 0.29) is 0 Å². The Hall–Kier alpha value is -0.0800. The lowest BCUT2D eigenvalue weighted by Crippen LogP contribution is -2.12. The summed E-state index contributed by atoms with van der Waals surface area (Å²) in [6.45, 7) is 0. The second kappa shape index (κ2) is 3.74. The molecule has 0 aliphatic rings. The topological polar surface area (TPSA) is 88.7 Å². The lowest BCUT2D eigenvalue weighted by atomic mass is 11.6. The molecule has 0 aromatic carbocycles. The van der Waals surface area contributed by atoms with E-state index >= 15 is 0 Å². The van der Waals surface area contributed by atoms with Gasteiger partial charge in [0.2, 0.25) is 15.0 Å². The number of hydrogen-bond acceptors (Lipinski definition) is 2. The van der Waals surface area contributed by atoms with Crippen molar-refractivity contribution in [3.8, 4) is 0 Å². The molecule has 5 nitrogen and oxygen atoms in total. The zero-order valence-corrected chi connectivity index (χ0v) is 8.11. The second-order valence-electron chi connectivity index (χ2n) is 2.11. The van der Waals surface area contributed by atoms with E-state index in [1.165, 1.54) is 0 Å². The van der Waals surface area contributed by atoms with Gasteiger partial charge in [0, 0.05) is 0 Å². The van der Waals surface area contributed by atoms with Crippen LogP contribution in [0.15, 0.2) is 0 Å². The van der Waals surface area contributed by atoms with E-state index in [0.29, 0.717) is 0 Å². The van der Waals surface area contributed by atoms with E-state index in [1.54, 1.807) is 0 Å². The molecule has 0 saturated carbocycles. The van der Waals surface area contributed by atoms with Crippen LogP contribution in [-0.4, -0.2) is 21.6 Å². The summed E-state index contributed by atoms with van der Waals surface area (Å²) in [6, 6.07) is 0. The van der Waals surface area contributed by atoms with E-state index < -0.39 is 26.9 Å². The van der Waals surface area contributed by atoms with E-state index in [9.17, 15) is 35.5 Å². The normalized spacial score (nSPS) is 21.9. The smallest absolute Gasteiger partial charge is 0.446 e. The van der Waals surface area contributed by atoms with Gasteiger partial charge in [-0.25, -0.2) is 0 Å². The molecule has 0 aliphatic heterocycles. The molecule has 0 saturated heterocycles. The van der Waals surface area contributed by atoms with Crippen LogP contribution in [0.3, 0.4) is 0 Å². The lowest BCUT2D eigenvalue weighted by molar-refractivity contribution is -0.0569. The minimum Gasteiger partial charge on any atom is -0.483 e. The Morgan fingerprint density at radius 3 is 1.13 bits per heavy atom. The summed E-state index contributed by atoms with van der Waals surface area (Å²) >= 11 is 0. The third-order valence-electron chi connectivity index (χ3n) is 0.903. The predicted octanol–water partition coefficient (Wildman–Crippen LogP) is 2.77. The van der Waals surface area contributed by atoms with Crippen LogP contribution in [0.1, 0.15) is 0 Å². The fourth-order valence-electron chi connectivity index (χ4n) is 0.266. The second-order valence-corrected chi connectivity index (χ2v) is 6.02. The molecule has 2 atom stereocenters. The molecule has 2 unspecified atom stereocenters. The minimum absolute atomic E-state index is 1.06. The highest BCUT2D eigenvalue weighted by atomic mass is 31.2. The van der Waals surface area contributed by atoms with E-state index in [0.717, 1.165) is 4.86 Å². The standard InChI is InChI=1S/C2H2F6NO4P2/c3-1(4,5)14(10,11)9-15(12,13)2(6,7)8/h(H2-,9,10,11,12,13)/q-1. The fourth-order valence-corrected chi connectivity index (χ4v) is 2.39. The molecule has 2 N–H and O–H groups in total. The summed E-state index contributed by atoms with van der Waals surface area (Å²) in [5, 5.41) is 0. The number of nitrogens with zero attached hydrogens (tertiary/aromatic N) is 1. The average molecular weight is 280 g/mol. The summed E-state index contributed by atoms with van der Waals surface area (Å²) in [5.74, 6) is -12.0. The predicted molar refractivity (Wildman–Crippen MR) is 35.1 cm³/mol. The Kier molecular flexibility index (Phi) is 3.72. The van der Waals surface area contributed by atoms with Crippen LogP contribution in [0.2, 0.25) is 0 Å². The van der Waals surface area contributed by atoms with Crippen molar-refractivity contribution in [2.24, 2.45) is 0 Å². The van der Waals surface area contributed by atoms with Crippen molar-refractivity contribution in [2.45, 2.75) is 11.8 Å². The Bertz CT molecular complexity index is 301. The van der Waals surface area contributed by atoms with Gasteiger partial charge in [0.15, 0.2) is 0 Å². The van der Waals surface area contributed by atoms with Crippen LogP contribution in [0.25, 0.3) is 4.86 Å². The highest BCUT2D eigenvalue weighted by Crippen LogP contribution is 2.77. The number of halogens is 6. The molecule has 0 aromatic rings. The van der Waals surface area contributed by atoms with Gasteiger partial charge in [0.25, 0.3) is 0 Å². The van der Waals surface area contributed by atoms with Crippen molar-refractivity contribution >= 4 is 15.0 Å². The van der Waals surface area contributed by atoms with Gasteiger partial charge >= 0.3 is 11.8 Å². The summed E-state index contributed by atoms with van der Waals surface area (Å²) in [7, 11) is -13.4. The van der Waals surface area contributed by atoms with Crippen molar-refractivity contribution in [1.29, 1.82) is 0 Å². The molecule has 0 spiro atoms. The first kappa shape index (κ1) is 14.9. The monoisotopic (exact) mass is 280 g/mol. The van der Waals surface area contributed by atoms with Gasteiger partial charge in [-0.2, -0.15) is 26.3 Å². The molecular formula is C2H2F6NO4P2-. The molecular weight excluding hydrogens is 278 g/mol. The molecule has 0 heterocycles. The van der Waals surface area contributed by atoms with E-state index in [2.05, 4.69) is 0 Å². The fraction of sp³-hybridized carbons (Fsp3) is 1.00. The molecule has 0 aromatic heterocycles. The third-order valence-corrected chi connectivity index (χ3v) is 4.16. The first-order valence-electron chi connectivity index (χ1n) is 2.75. The summed E-state index contributed by atoms with van der Waals surface area (Å²) in [6.07, 6.45) is 0. The van der Waals surface area contributed by atoms with Gasteiger partial charge in [0.1, 0.15) is 0 Å². The molecule has 92 valence electrons. The molecule has 13 heteroatoms. The van der Waals surface area contributed by atoms with Crippen molar-refractivity contribution in [2.75, 3.05) is 0 Å². The van der Waals surface area contributed by atoms with Gasteiger partial charge in [-0.3, -0.25) is 0 Å². The maximum atomic E-state index is 11.5. The highest BCUT2D eigenvalue weighted by molar-refractivity contribution is 7.80. The molecule has 0 amide bonds. The van der Waals surface area contributed by atoms with Gasteiger partial charge < -0.3 is 23.8 Å². The van der Waals surface area contributed by atoms with Crippen LogP contribution >= 0.6 is 15.0 Å². The van der Waals surface area contributed by atoms with Gasteiger partial charge in [-0.05, 0) is 0 Å². The maximum Gasteiger partial charge on any atom is 0.446 e. The molecule has 0 radical (unpaired) electrons. The largest absolute Gasteiger partial charge is 0.483 e. The van der Waals surface area contributed by atoms with E-state index in [1.807, 2.05) is 0 Å². The number of hydrogen-bond donors (Lipinski definition) is 2. The summed E-state index contributed by atoms with van der Waals surface area (Å²) in [4.78, 5) is 17.0. The van der Waals surface area contributed by atoms with Crippen LogP contribution < -0.4 is 0 Å². The SMILES string of the molecule is O=P(O)([N-]P(=O)(O)C(F)(F)F)C(F)(F)F. The van der Waals surface area contributed by atoms with Crippen LogP contribution in [0.5, 0.6) is 0 Å². The molecule has 0 aliphatic carbocycles. The van der Waals surface area contributed by atoms with Crippen molar-refractivity contribution < 1.29 is 45.3 Å². The van der Waals surface area contributed by atoms with Gasteiger partial charge in [-0.15, -0.1) is 0 Å². The van der Waals surface area contributed by atoms with Crippen molar-refractivity contribution in [3.05, 3.63) is 4.86 Å². The van der Waals surface area contributed by atoms with Crippen molar-refractivity contribution in [3.63, 3.8) is 0 Å². The highest BCUT2D eigenvalue weighted by Gasteiger charge is 2.51. The van der Waals surface area contributed by atoms with Gasteiger partial charge in [-0.1, -0.05) is 0 Å². The third kappa shape index (κ3) is 3.46. The zero-order chi connectivity index (χ0) is 12.7. The Balaban J connectivity index is 5.08. The maximum absolute atomic E-state index is 11.5. The lowest BCUT2D eigenvalue weighted by Gasteiger charge is -2.33. The van der Waals surface area contributed by atoms with Crippen LogP contribution in [-0.2, 0) is 9.13 Å². The first-order valence-corrected chi connectivity index (χ1v) is 5.97. The summed E-state index contributed by atoms with van der Waals surface area (Å²) < 4.78 is 89.5. The zero-order valence-electron chi connectivity index (χ0n) is 6.32. The quantitative estimate of drug-likeness (QED) is 0.601. The minimum atomic E-state index is -6.70. The average Bonchev–Trinajstić information content (AvgIpc) is 1.77. The number of rotatable bonds is 2. The Morgan fingerprint density at radius 1 is 0.800 bits per heavy atom. The molecule has 0 rings (SSSR count). The molecule has 0 fully saturated rings. The Labute approximate surface area is 78.1 Å². The van der Waals surface area contributed by atoms with Crippen molar-refractivity contribution in [1.82, 2.24) is 0 Å². The van der Waals surface area contributed by atoms with Crippen LogP contribution in [0.4, 0.5) is 26.3 Å². The number of alkyl halides is 6. The Morgan fingerprint density at radius 2 is 1.00 bits per heavy atom. The first-order chi connectivity index (χ1) is 6.21. The summed E-state index contributed by atoms with van der Waals surface area (Å²) in [5.41, 5.74) is 0. The van der Waals surface area contributed by atoms with E-state index in [4.69, 9.17) is 9.79 Å².